The summed E-state index contributed by atoms with van der Waals surface area (Å²) in [5.41, 5.74) is 3.61. The fraction of sp³-hybridized carbons (Fsp3) is 0.174. The van der Waals surface area contributed by atoms with Crippen molar-refractivity contribution >= 4 is 35.3 Å². The summed E-state index contributed by atoms with van der Waals surface area (Å²) in [7, 11) is 0. The number of rotatable bonds is 6. The second kappa shape index (κ2) is 7.98. The van der Waals surface area contributed by atoms with E-state index in [1.807, 2.05) is 13.8 Å². The highest BCUT2D eigenvalue weighted by atomic mass is 16.2. The number of amides is 2. The fourth-order valence-electron chi connectivity index (χ4n) is 3.60. The maximum absolute atomic E-state index is 12.9. The molecule has 2 heterocycles. The van der Waals surface area contributed by atoms with Gasteiger partial charge in [0, 0.05) is 29.0 Å². The Morgan fingerprint density at radius 3 is 2.52 bits per heavy atom. The predicted octanol–water partition coefficient (Wildman–Crippen LogP) is 2.93. The number of carbonyl (C=O) groups excluding carboxylic acids is 4. The molecular formula is C23H20N4O4. The van der Waals surface area contributed by atoms with E-state index in [1.54, 1.807) is 53.2 Å². The van der Waals surface area contributed by atoms with Gasteiger partial charge in [-0.05, 0) is 67.9 Å². The lowest BCUT2D eigenvalue weighted by Crippen LogP contribution is -2.17. The van der Waals surface area contributed by atoms with Gasteiger partial charge in [0.1, 0.15) is 17.9 Å². The molecule has 2 amide bonds. The van der Waals surface area contributed by atoms with E-state index in [0.29, 0.717) is 46.6 Å². The zero-order valence-electron chi connectivity index (χ0n) is 17.0. The van der Waals surface area contributed by atoms with E-state index in [1.165, 1.54) is 0 Å². The smallest absolute Gasteiger partial charge is 0.273 e. The first kappa shape index (κ1) is 20.2. The molecule has 8 heteroatoms. The zero-order chi connectivity index (χ0) is 22.1. The third kappa shape index (κ3) is 3.75. The predicted molar refractivity (Wildman–Crippen MR) is 114 cm³/mol. The van der Waals surface area contributed by atoms with Crippen molar-refractivity contribution in [3.63, 3.8) is 0 Å². The van der Waals surface area contributed by atoms with Crippen molar-refractivity contribution in [1.29, 1.82) is 0 Å². The van der Waals surface area contributed by atoms with E-state index in [4.69, 9.17) is 0 Å². The van der Waals surface area contributed by atoms with Crippen LogP contribution in [0.1, 0.15) is 50.5 Å². The number of hydrogen-bond acceptors (Lipinski definition) is 5. The highest BCUT2D eigenvalue weighted by Crippen LogP contribution is 2.32. The van der Waals surface area contributed by atoms with Gasteiger partial charge in [-0.2, -0.15) is 5.10 Å². The average molecular weight is 416 g/mol. The summed E-state index contributed by atoms with van der Waals surface area (Å²) in [6.07, 6.45) is 0.568. The second-order valence-corrected chi connectivity index (χ2v) is 7.25. The van der Waals surface area contributed by atoms with Gasteiger partial charge in [-0.3, -0.25) is 19.1 Å². The Morgan fingerprint density at radius 1 is 1.13 bits per heavy atom. The molecule has 31 heavy (non-hydrogen) atoms. The molecule has 8 nitrogen and oxygen atoms in total. The van der Waals surface area contributed by atoms with Crippen molar-refractivity contribution in [2.24, 2.45) is 0 Å². The Bertz CT molecular complexity index is 1210. The number of hydrogen-bond donors (Lipinski definition) is 2. The molecule has 4 rings (SSSR count). The molecule has 156 valence electrons. The van der Waals surface area contributed by atoms with Gasteiger partial charge in [-0.1, -0.05) is 0 Å². The van der Waals surface area contributed by atoms with Crippen LogP contribution in [0.25, 0.3) is 0 Å². The van der Waals surface area contributed by atoms with Crippen molar-refractivity contribution in [3.8, 4) is 0 Å². The number of carbonyl (C=O) groups is 4. The Kier molecular flexibility index (Phi) is 5.21. The topological polar surface area (TPSA) is 110 Å². The molecule has 0 saturated carbocycles. The maximum Gasteiger partial charge on any atom is 0.273 e. The number of anilines is 2. The largest absolute Gasteiger partial charge is 0.325 e. The van der Waals surface area contributed by atoms with Crippen molar-refractivity contribution in [2.45, 2.75) is 26.3 Å². The number of aromatic nitrogens is 2. The first-order chi connectivity index (χ1) is 14.9. The second-order valence-electron chi connectivity index (χ2n) is 7.25. The van der Waals surface area contributed by atoms with Gasteiger partial charge in [0.2, 0.25) is 5.91 Å². The quantitative estimate of drug-likeness (QED) is 0.365. The number of benzene rings is 2. The molecule has 0 bridgehead atoms. The first-order valence-electron chi connectivity index (χ1n) is 9.82. The summed E-state index contributed by atoms with van der Waals surface area (Å²) in [4.78, 5) is 48.4. The van der Waals surface area contributed by atoms with Crippen molar-refractivity contribution < 1.29 is 19.2 Å². The number of fused-ring (bicyclic) bond motifs is 1. The first-order valence-corrected chi connectivity index (χ1v) is 9.82. The summed E-state index contributed by atoms with van der Waals surface area (Å²) < 4.78 is 1.63. The molecule has 2 aromatic carbocycles. The lowest BCUT2D eigenvalue weighted by molar-refractivity contribution is -0.121. The van der Waals surface area contributed by atoms with Gasteiger partial charge in [0.25, 0.3) is 5.91 Å². The van der Waals surface area contributed by atoms with Gasteiger partial charge in [0.05, 0.1) is 5.69 Å². The molecule has 0 radical (unpaired) electrons. The van der Waals surface area contributed by atoms with E-state index in [2.05, 4.69) is 15.7 Å². The van der Waals surface area contributed by atoms with Crippen molar-refractivity contribution in [1.82, 2.24) is 9.78 Å². The summed E-state index contributed by atoms with van der Waals surface area (Å²) in [5, 5.41) is 9.70. The fourth-order valence-corrected chi connectivity index (χ4v) is 3.60. The highest BCUT2D eigenvalue weighted by Gasteiger charge is 2.30. The summed E-state index contributed by atoms with van der Waals surface area (Å²) >= 11 is 0. The van der Waals surface area contributed by atoms with Crippen molar-refractivity contribution in [3.05, 3.63) is 76.6 Å². The van der Waals surface area contributed by atoms with Crippen LogP contribution in [-0.4, -0.2) is 33.7 Å². The van der Waals surface area contributed by atoms with Gasteiger partial charge >= 0.3 is 0 Å². The van der Waals surface area contributed by atoms with Crippen molar-refractivity contribution in [2.75, 3.05) is 10.6 Å². The van der Waals surface area contributed by atoms with Crippen LogP contribution in [0.2, 0.25) is 0 Å². The van der Waals surface area contributed by atoms with Crippen LogP contribution in [0.15, 0.2) is 48.5 Å². The van der Waals surface area contributed by atoms with E-state index in [0.717, 1.165) is 5.69 Å². The molecule has 0 aliphatic carbocycles. The zero-order valence-corrected chi connectivity index (χ0v) is 17.0. The van der Waals surface area contributed by atoms with Crippen LogP contribution in [0.4, 0.5) is 11.4 Å². The summed E-state index contributed by atoms with van der Waals surface area (Å²) in [6, 6.07) is 13.1. The number of aldehydes is 1. The minimum absolute atomic E-state index is 0.246. The molecule has 0 saturated heterocycles. The monoisotopic (exact) mass is 416 g/mol. The van der Waals surface area contributed by atoms with E-state index < -0.39 is 11.8 Å². The third-order valence-corrected chi connectivity index (χ3v) is 5.16. The van der Waals surface area contributed by atoms with E-state index >= 15 is 0 Å². The van der Waals surface area contributed by atoms with Crippen LogP contribution in [0.5, 0.6) is 0 Å². The lowest BCUT2D eigenvalue weighted by Gasteiger charge is -2.08. The van der Waals surface area contributed by atoms with Crippen LogP contribution >= 0.6 is 0 Å². The molecule has 1 aliphatic heterocycles. The van der Waals surface area contributed by atoms with Crippen LogP contribution in [0, 0.1) is 6.92 Å². The van der Waals surface area contributed by atoms with Gasteiger partial charge in [0.15, 0.2) is 5.78 Å². The molecule has 2 N–H and O–H groups in total. The Hall–Kier alpha value is -4.07. The molecular weight excluding hydrogens is 396 g/mol. The molecule has 3 aromatic rings. The normalized spacial score (nSPS) is 14.6. The highest BCUT2D eigenvalue weighted by molar-refractivity contribution is 6.14. The molecule has 0 spiro atoms. The SMILES string of the molecule is CCn1nc(C)cc1C(=O)Nc1ccc(C(=O)c2ccc3c(c2)C(C=O)C(=O)N3)cc1. The summed E-state index contributed by atoms with van der Waals surface area (Å²) in [5.74, 6) is -1.82. The van der Waals surface area contributed by atoms with Gasteiger partial charge in [-0.15, -0.1) is 0 Å². The third-order valence-electron chi connectivity index (χ3n) is 5.16. The summed E-state index contributed by atoms with van der Waals surface area (Å²) in [6.45, 7) is 4.31. The minimum Gasteiger partial charge on any atom is -0.325 e. The lowest BCUT2D eigenvalue weighted by atomic mass is 9.96. The van der Waals surface area contributed by atoms with Gasteiger partial charge < -0.3 is 15.4 Å². The molecule has 1 aromatic heterocycles. The molecule has 0 fully saturated rings. The average Bonchev–Trinajstić information content (AvgIpc) is 3.31. The van der Waals surface area contributed by atoms with Gasteiger partial charge in [-0.25, -0.2) is 0 Å². The van der Waals surface area contributed by atoms with Crippen LogP contribution < -0.4 is 10.6 Å². The number of nitrogens with zero attached hydrogens (tertiary/aromatic N) is 2. The number of nitrogens with one attached hydrogen (secondary N) is 2. The molecule has 1 unspecified atom stereocenters. The van der Waals surface area contributed by atoms with E-state index in [9.17, 15) is 19.2 Å². The standard InChI is InChI=1S/C23H20N4O4/c1-3-27-20(10-13(2)26-27)23(31)24-16-7-4-14(5-8-16)21(29)15-6-9-19-17(11-15)18(12-28)22(30)25-19/h4-12,18H,3H2,1-2H3,(H,24,31)(H,25,30). The molecule has 1 atom stereocenters. The Balaban J connectivity index is 1.51. The Morgan fingerprint density at radius 2 is 1.84 bits per heavy atom. The Labute approximate surface area is 178 Å². The van der Waals surface area contributed by atoms with Crippen LogP contribution in [-0.2, 0) is 16.1 Å². The maximum atomic E-state index is 12.9. The van der Waals surface area contributed by atoms with Crippen LogP contribution in [0.3, 0.4) is 0 Å². The minimum atomic E-state index is -0.902. The number of aryl methyl sites for hydroxylation is 2. The van der Waals surface area contributed by atoms with E-state index in [-0.39, 0.29) is 11.7 Å². The number of ketones is 1. The molecule has 1 aliphatic rings.